The first-order valence-corrected chi connectivity index (χ1v) is 11.1. The van der Waals surface area contributed by atoms with Gasteiger partial charge in [-0.25, -0.2) is 0 Å². The molecule has 2 aliphatic heterocycles. The number of rotatable bonds is 6. The highest BCUT2D eigenvalue weighted by Gasteiger charge is 2.39. The highest BCUT2D eigenvalue weighted by Crippen LogP contribution is 2.51. The second-order valence-electron chi connectivity index (χ2n) is 8.44. The Morgan fingerprint density at radius 3 is 2.77 bits per heavy atom. The molecule has 0 saturated heterocycles. The molecule has 176 valence electrons. The Labute approximate surface area is 202 Å². The number of ether oxygens (including phenoxy) is 4. The predicted molar refractivity (Wildman–Crippen MR) is 129 cm³/mol. The van der Waals surface area contributed by atoms with E-state index in [0.717, 1.165) is 16.7 Å². The van der Waals surface area contributed by atoms with Gasteiger partial charge in [0, 0.05) is 29.4 Å². The number of ketones is 1. The molecular formula is C28H23NO6. The summed E-state index contributed by atoms with van der Waals surface area (Å²) in [4.78, 5) is 29.8. The Balaban J connectivity index is 1.63. The van der Waals surface area contributed by atoms with Crippen molar-refractivity contribution in [2.45, 2.75) is 19.3 Å². The number of hydrogen-bond acceptors (Lipinski definition) is 7. The van der Waals surface area contributed by atoms with E-state index in [1.165, 1.54) is 0 Å². The molecule has 7 nitrogen and oxygen atoms in total. The average Bonchev–Trinajstić information content (AvgIpc) is 3.17. The number of Topliss-reactive ketones (excluding diaryl/α,β-unsaturated/α-hetero) is 1. The number of esters is 1. The molecule has 0 spiro atoms. The SMILES string of the molecule is C=C(C)COc1c(OC)cccc1C1CC(=O)Oc2ccc3c(c21)OC(=Cc1cccnc1)C3=O. The number of pyridine rings is 1. The fourth-order valence-electron chi connectivity index (χ4n) is 4.30. The van der Waals surface area contributed by atoms with Crippen molar-refractivity contribution in [1.29, 1.82) is 0 Å². The van der Waals surface area contributed by atoms with E-state index in [1.807, 2.05) is 25.1 Å². The molecule has 0 saturated carbocycles. The quantitative estimate of drug-likeness (QED) is 0.215. The number of nitrogens with zero attached hydrogens (tertiary/aromatic N) is 1. The third-order valence-electron chi connectivity index (χ3n) is 5.83. The molecule has 0 aliphatic carbocycles. The van der Waals surface area contributed by atoms with Gasteiger partial charge in [-0.1, -0.05) is 24.8 Å². The molecular weight excluding hydrogens is 446 g/mol. The van der Waals surface area contributed by atoms with Crippen molar-refractivity contribution in [1.82, 2.24) is 4.98 Å². The van der Waals surface area contributed by atoms with Gasteiger partial charge in [0.2, 0.25) is 5.78 Å². The van der Waals surface area contributed by atoms with Crippen LogP contribution in [0.5, 0.6) is 23.0 Å². The molecule has 1 unspecified atom stereocenters. The largest absolute Gasteiger partial charge is 0.493 e. The lowest BCUT2D eigenvalue weighted by atomic mass is 9.84. The molecule has 7 heteroatoms. The summed E-state index contributed by atoms with van der Waals surface area (Å²) in [5.74, 6) is 0.868. The van der Waals surface area contributed by atoms with Crippen LogP contribution in [-0.2, 0) is 4.79 Å². The van der Waals surface area contributed by atoms with Crippen molar-refractivity contribution in [3.8, 4) is 23.0 Å². The molecule has 1 aromatic heterocycles. The van der Waals surface area contributed by atoms with Crippen LogP contribution in [0.2, 0.25) is 0 Å². The monoisotopic (exact) mass is 469 g/mol. The van der Waals surface area contributed by atoms with E-state index in [0.29, 0.717) is 34.1 Å². The van der Waals surface area contributed by atoms with E-state index in [-0.39, 0.29) is 30.5 Å². The Kier molecular flexibility index (Phi) is 5.82. The third-order valence-corrected chi connectivity index (χ3v) is 5.83. The predicted octanol–water partition coefficient (Wildman–Crippen LogP) is 5.10. The Bertz CT molecular complexity index is 1380. The smallest absolute Gasteiger partial charge is 0.312 e. The number of allylic oxidation sites excluding steroid dienone is 1. The summed E-state index contributed by atoms with van der Waals surface area (Å²) in [6, 6.07) is 12.4. The molecule has 0 N–H and O–H groups in total. The van der Waals surface area contributed by atoms with Gasteiger partial charge in [0.05, 0.1) is 19.1 Å². The maximum atomic E-state index is 13.2. The summed E-state index contributed by atoms with van der Waals surface area (Å²) in [6.07, 6.45) is 5.01. The summed E-state index contributed by atoms with van der Waals surface area (Å²) in [5.41, 5.74) is 3.35. The van der Waals surface area contributed by atoms with Crippen LogP contribution in [0.4, 0.5) is 0 Å². The van der Waals surface area contributed by atoms with Crippen LogP contribution < -0.4 is 18.9 Å². The Morgan fingerprint density at radius 1 is 1.17 bits per heavy atom. The van der Waals surface area contributed by atoms with Crippen molar-refractivity contribution in [3.05, 3.63) is 95.0 Å². The second-order valence-corrected chi connectivity index (χ2v) is 8.44. The van der Waals surface area contributed by atoms with Gasteiger partial charge in [-0.15, -0.1) is 0 Å². The lowest BCUT2D eigenvalue weighted by Crippen LogP contribution is -2.22. The summed E-state index contributed by atoms with van der Waals surface area (Å²) >= 11 is 0. The van der Waals surface area contributed by atoms with Crippen LogP contribution in [0.25, 0.3) is 6.08 Å². The molecule has 3 aromatic rings. The topological polar surface area (TPSA) is 84.0 Å². The van der Waals surface area contributed by atoms with Crippen molar-refractivity contribution >= 4 is 17.8 Å². The lowest BCUT2D eigenvalue weighted by molar-refractivity contribution is -0.135. The normalized spacial score (nSPS) is 17.3. The summed E-state index contributed by atoms with van der Waals surface area (Å²) < 4.78 is 23.3. The Morgan fingerprint density at radius 2 is 2.03 bits per heavy atom. The minimum absolute atomic E-state index is 0.0548. The van der Waals surface area contributed by atoms with Gasteiger partial charge >= 0.3 is 5.97 Å². The molecule has 2 aromatic carbocycles. The maximum Gasteiger partial charge on any atom is 0.312 e. The number of para-hydroxylation sites is 1. The number of carbonyl (C=O) groups is 2. The van der Waals surface area contributed by atoms with Gasteiger partial charge in [-0.2, -0.15) is 0 Å². The number of methoxy groups -OCH3 is 1. The summed E-state index contributed by atoms with van der Waals surface area (Å²) in [5, 5.41) is 0. The van der Waals surface area contributed by atoms with E-state index in [2.05, 4.69) is 11.6 Å². The van der Waals surface area contributed by atoms with Gasteiger partial charge in [0.15, 0.2) is 17.3 Å². The fourth-order valence-corrected chi connectivity index (χ4v) is 4.30. The molecule has 0 bridgehead atoms. The van der Waals surface area contributed by atoms with E-state index >= 15 is 0 Å². The summed E-state index contributed by atoms with van der Waals surface area (Å²) in [7, 11) is 1.56. The molecule has 3 heterocycles. The average molecular weight is 469 g/mol. The molecule has 0 amide bonds. The van der Waals surface area contributed by atoms with Crippen LogP contribution in [-0.4, -0.2) is 30.5 Å². The zero-order valence-corrected chi connectivity index (χ0v) is 19.4. The van der Waals surface area contributed by atoms with Crippen LogP contribution in [0.1, 0.15) is 46.3 Å². The highest BCUT2D eigenvalue weighted by molar-refractivity contribution is 6.15. The number of benzene rings is 2. The second kappa shape index (κ2) is 9.10. The van der Waals surface area contributed by atoms with Crippen molar-refractivity contribution in [2.24, 2.45) is 0 Å². The summed E-state index contributed by atoms with van der Waals surface area (Å²) in [6.45, 7) is 6.06. The number of fused-ring (bicyclic) bond motifs is 3. The molecule has 0 fully saturated rings. The number of hydrogen-bond donors (Lipinski definition) is 0. The van der Waals surface area contributed by atoms with Crippen LogP contribution >= 0.6 is 0 Å². The standard InChI is InChI=1S/C28H23NO6/c1-16(2)15-33-27-18(7-4-8-22(27)32-3)20-13-24(30)34-21-10-9-19-26(31)23(35-28(19)25(20)21)12-17-6-5-11-29-14-17/h4-12,14,20H,1,13,15H2,2-3H3. The van der Waals surface area contributed by atoms with E-state index in [4.69, 9.17) is 18.9 Å². The van der Waals surface area contributed by atoms with Crippen LogP contribution in [0, 0.1) is 0 Å². The van der Waals surface area contributed by atoms with Crippen molar-refractivity contribution < 1.29 is 28.5 Å². The first-order chi connectivity index (χ1) is 17.0. The zero-order chi connectivity index (χ0) is 24.5. The first kappa shape index (κ1) is 22.4. The fraction of sp³-hybridized carbons (Fsp3) is 0.179. The minimum Gasteiger partial charge on any atom is -0.493 e. The maximum absolute atomic E-state index is 13.2. The minimum atomic E-state index is -0.470. The van der Waals surface area contributed by atoms with Crippen LogP contribution in [0.3, 0.4) is 0 Å². The number of carbonyl (C=O) groups excluding carboxylic acids is 2. The van der Waals surface area contributed by atoms with E-state index < -0.39 is 5.92 Å². The molecule has 35 heavy (non-hydrogen) atoms. The van der Waals surface area contributed by atoms with E-state index in [1.54, 1.807) is 49.8 Å². The zero-order valence-electron chi connectivity index (χ0n) is 19.4. The van der Waals surface area contributed by atoms with Crippen molar-refractivity contribution in [3.63, 3.8) is 0 Å². The van der Waals surface area contributed by atoms with Gasteiger partial charge < -0.3 is 18.9 Å². The van der Waals surface area contributed by atoms with Gasteiger partial charge in [-0.3, -0.25) is 14.6 Å². The van der Waals surface area contributed by atoms with Crippen molar-refractivity contribution in [2.75, 3.05) is 13.7 Å². The Hall–Kier alpha value is -4.39. The van der Waals surface area contributed by atoms with Gasteiger partial charge in [0.1, 0.15) is 18.1 Å². The van der Waals surface area contributed by atoms with Gasteiger partial charge in [0.25, 0.3) is 0 Å². The molecule has 2 aliphatic rings. The van der Waals surface area contributed by atoms with Gasteiger partial charge in [-0.05, 0) is 48.4 Å². The van der Waals surface area contributed by atoms with E-state index in [9.17, 15) is 9.59 Å². The third kappa shape index (κ3) is 4.17. The van der Waals surface area contributed by atoms with Crippen LogP contribution in [0.15, 0.2) is 72.8 Å². The molecule has 5 rings (SSSR count). The molecule has 0 radical (unpaired) electrons. The first-order valence-electron chi connectivity index (χ1n) is 11.1. The number of aromatic nitrogens is 1. The lowest BCUT2D eigenvalue weighted by Gasteiger charge is -2.28. The highest BCUT2D eigenvalue weighted by atomic mass is 16.5. The molecule has 1 atom stereocenters.